The maximum atomic E-state index is 11.6. The SMILES string of the molecule is CC(=O)c1csc(NC(=O)C(N)CCC(=O)O)n1. The van der Waals surface area contributed by atoms with E-state index in [9.17, 15) is 14.4 Å². The molecule has 0 spiro atoms. The van der Waals surface area contributed by atoms with Crippen LogP contribution in [0.1, 0.15) is 30.3 Å². The van der Waals surface area contributed by atoms with Gasteiger partial charge in [0, 0.05) is 18.7 Å². The van der Waals surface area contributed by atoms with Gasteiger partial charge < -0.3 is 16.2 Å². The summed E-state index contributed by atoms with van der Waals surface area (Å²) >= 11 is 1.11. The molecule has 0 aromatic carbocycles. The number of hydrogen-bond donors (Lipinski definition) is 3. The molecule has 1 aromatic heterocycles. The summed E-state index contributed by atoms with van der Waals surface area (Å²) < 4.78 is 0. The summed E-state index contributed by atoms with van der Waals surface area (Å²) in [5, 5.41) is 12.7. The van der Waals surface area contributed by atoms with E-state index in [1.807, 2.05) is 0 Å². The number of aromatic nitrogens is 1. The number of nitrogens with one attached hydrogen (secondary N) is 1. The number of thiazole rings is 1. The molecule has 1 heterocycles. The summed E-state index contributed by atoms with van der Waals surface area (Å²) in [6, 6.07) is -0.911. The van der Waals surface area contributed by atoms with Crippen LogP contribution in [0.3, 0.4) is 0 Å². The highest BCUT2D eigenvalue weighted by molar-refractivity contribution is 7.14. The Hall–Kier alpha value is -1.80. The summed E-state index contributed by atoms with van der Waals surface area (Å²) in [6.07, 6.45) is -0.128. The molecule has 8 heteroatoms. The Morgan fingerprint density at radius 2 is 2.22 bits per heavy atom. The van der Waals surface area contributed by atoms with Gasteiger partial charge in [-0.05, 0) is 6.42 Å². The molecule has 0 aliphatic carbocycles. The Morgan fingerprint density at radius 3 is 2.72 bits per heavy atom. The molecule has 0 aliphatic heterocycles. The van der Waals surface area contributed by atoms with Crippen LogP contribution < -0.4 is 11.1 Å². The van der Waals surface area contributed by atoms with Gasteiger partial charge in [-0.25, -0.2) is 4.98 Å². The first kappa shape index (κ1) is 14.3. The van der Waals surface area contributed by atoms with Gasteiger partial charge in [0.1, 0.15) is 5.69 Å². The van der Waals surface area contributed by atoms with Crippen LogP contribution in [0.5, 0.6) is 0 Å². The molecule has 1 aromatic rings. The molecule has 0 fully saturated rings. The molecule has 0 saturated carbocycles. The standard InChI is InChI=1S/C10H13N3O4S/c1-5(14)7-4-18-10(12-7)13-9(17)6(11)2-3-8(15)16/h4,6H,2-3,11H2,1H3,(H,15,16)(H,12,13,17). The van der Waals surface area contributed by atoms with Crippen molar-refractivity contribution in [3.8, 4) is 0 Å². The number of ketones is 1. The van der Waals surface area contributed by atoms with Crippen molar-refractivity contribution < 1.29 is 19.5 Å². The van der Waals surface area contributed by atoms with Crippen LogP contribution in [0, 0.1) is 0 Å². The molecule has 7 nitrogen and oxygen atoms in total. The molecule has 1 amide bonds. The molecule has 4 N–H and O–H groups in total. The predicted molar refractivity (Wildman–Crippen MR) is 65.6 cm³/mol. The maximum absolute atomic E-state index is 11.6. The normalized spacial score (nSPS) is 11.9. The van der Waals surface area contributed by atoms with E-state index in [0.717, 1.165) is 11.3 Å². The van der Waals surface area contributed by atoms with Crippen LogP contribution in [0.4, 0.5) is 5.13 Å². The number of aliphatic carboxylic acids is 1. The van der Waals surface area contributed by atoms with Gasteiger partial charge in [-0.2, -0.15) is 0 Å². The number of amides is 1. The quantitative estimate of drug-likeness (QED) is 0.646. The molecule has 1 unspecified atom stereocenters. The van der Waals surface area contributed by atoms with Crippen LogP contribution in [0.15, 0.2) is 5.38 Å². The Balaban J connectivity index is 2.52. The zero-order valence-electron chi connectivity index (χ0n) is 9.67. The van der Waals surface area contributed by atoms with E-state index in [1.54, 1.807) is 0 Å². The van der Waals surface area contributed by atoms with Crippen LogP contribution in [-0.4, -0.2) is 33.8 Å². The van der Waals surface area contributed by atoms with E-state index in [4.69, 9.17) is 10.8 Å². The largest absolute Gasteiger partial charge is 0.481 e. The number of rotatable bonds is 6. The second kappa shape index (κ2) is 6.22. The van der Waals surface area contributed by atoms with Crippen molar-refractivity contribution in [3.05, 3.63) is 11.1 Å². The highest BCUT2D eigenvalue weighted by atomic mass is 32.1. The Kier molecular flexibility index (Phi) is 4.93. The summed E-state index contributed by atoms with van der Waals surface area (Å²) in [5.74, 6) is -1.71. The number of nitrogens with two attached hydrogens (primary N) is 1. The number of nitrogens with zero attached hydrogens (tertiary/aromatic N) is 1. The van der Waals surface area contributed by atoms with E-state index in [-0.39, 0.29) is 29.5 Å². The van der Waals surface area contributed by atoms with Gasteiger partial charge in [-0.1, -0.05) is 0 Å². The highest BCUT2D eigenvalue weighted by Crippen LogP contribution is 2.16. The van der Waals surface area contributed by atoms with Crippen molar-refractivity contribution in [1.29, 1.82) is 0 Å². The van der Waals surface area contributed by atoms with Crippen molar-refractivity contribution in [2.24, 2.45) is 5.73 Å². The second-order valence-electron chi connectivity index (χ2n) is 3.62. The Labute approximate surface area is 107 Å². The lowest BCUT2D eigenvalue weighted by molar-refractivity contribution is -0.137. The third kappa shape index (κ3) is 4.22. The zero-order valence-corrected chi connectivity index (χ0v) is 10.5. The van der Waals surface area contributed by atoms with Crippen LogP contribution in [0.25, 0.3) is 0 Å². The number of carboxylic acids is 1. The molecule has 0 saturated heterocycles. The van der Waals surface area contributed by atoms with Gasteiger partial charge in [0.25, 0.3) is 0 Å². The van der Waals surface area contributed by atoms with Gasteiger partial charge in [-0.15, -0.1) is 11.3 Å². The summed E-state index contributed by atoms with van der Waals surface area (Å²) in [5.41, 5.74) is 5.79. The fraction of sp³-hybridized carbons (Fsp3) is 0.400. The fourth-order valence-electron chi connectivity index (χ4n) is 1.10. The van der Waals surface area contributed by atoms with Gasteiger partial charge >= 0.3 is 5.97 Å². The summed E-state index contributed by atoms with van der Waals surface area (Å²) in [4.78, 5) is 36.8. The van der Waals surface area contributed by atoms with Crippen LogP contribution in [0.2, 0.25) is 0 Å². The molecular weight excluding hydrogens is 258 g/mol. The number of carbonyl (C=O) groups is 3. The average molecular weight is 271 g/mol. The van der Waals surface area contributed by atoms with E-state index < -0.39 is 17.9 Å². The third-order valence-corrected chi connectivity index (χ3v) is 2.86. The van der Waals surface area contributed by atoms with Crippen molar-refractivity contribution in [2.75, 3.05) is 5.32 Å². The minimum Gasteiger partial charge on any atom is -0.481 e. The van der Waals surface area contributed by atoms with Crippen LogP contribution >= 0.6 is 11.3 Å². The fourth-order valence-corrected chi connectivity index (χ4v) is 1.85. The average Bonchev–Trinajstić information content (AvgIpc) is 2.74. The third-order valence-electron chi connectivity index (χ3n) is 2.10. The van der Waals surface area contributed by atoms with Crippen molar-refractivity contribution in [1.82, 2.24) is 4.98 Å². The van der Waals surface area contributed by atoms with E-state index in [1.165, 1.54) is 12.3 Å². The Bertz CT molecular complexity index is 471. The predicted octanol–water partition coefficient (Wildman–Crippen LogP) is 0.476. The maximum Gasteiger partial charge on any atom is 0.303 e. The number of carbonyl (C=O) groups excluding carboxylic acids is 2. The van der Waals surface area contributed by atoms with E-state index >= 15 is 0 Å². The molecular formula is C10H13N3O4S. The first-order valence-corrected chi connectivity index (χ1v) is 6.03. The Morgan fingerprint density at radius 1 is 1.56 bits per heavy atom. The van der Waals surface area contributed by atoms with Crippen LogP contribution in [-0.2, 0) is 9.59 Å². The molecule has 1 atom stereocenters. The van der Waals surface area contributed by atoms with Crippen molar-refractivity contribution >= 4 is 34.1 Å². The van der Waals surface area contributed by atoms with Gasteiger partial charge in [0.15, 0.2) is 10.9 Å². The molecule has 0 bridgehead atoms. The topological polar surface area (TPSA) is 122 Å². The molecule has 18 heavy (non-hydrogen) atoms. The first-order chi connectivity index (χ1) is 8.40. The smallest absolute Gasteiger partial charge is 0.303 e. The summed E-state index contributed by atoms with van der Waals surface area (Å²) in [6.45, 7) is 1.37. The van der Waals surface area contributed by atoms with Gasteiger partial charge in [0.2, 0.25) is 5.91 Å². The summed E-state index contributed by atoms with van der Waals surface area (Å²) in [7, 11) is 0. The lowest BCUT2D eigenvalue weighted by Crippen LogP contribution is -2.36. The van der Waals surface area contributed by atoms with Gasteiger partial charge in [0.05, 0.1) is 6.04 Å². The van der Waals surface area contributed by atoms with Gasteiger partial charge in [-0.3, -0.25) is 14.4 Å². The van der Waals surface area contributed by atoms with Crippen molar-refractivity contribution in [3.63, 3.8) is 0 Å². The highest BCUT2D eigenvalue weighted by Gasteiger charge is 2.16. The minimum atomic E-state index is -1.01. The van der Waals surface area contributed by atoms with E-state index in [2.05, 4.69) is 10.3 Å². The molecule has 1 rings (SSSR count). The minimum absolute atomic E-state index is 0.0477. The second-order valence-corrected chi connectivity index (χ2v) is 4.48. The number of hydrogen-bond acceptors (Lipinski definition) is 6. The van der Waals surface area contributed by atoms with Crippen molar-refractivity contribution in [2.45, 2.75) is 25.8 Å². The first-order valence-electron chi connectivity index (χ1n) is 5.15. The lowest BCUT2D eigenvalue weighted by atomic mass is 10.1. The molecule has 98 valence electrons. The number of Topliss-reactive ketones (excluding diaryl/α,β-unsaturated/α-hetero) is 1. The number of anilines is 1. The molecule has 0 aliphatic rings. The van der Waals surface area contributed by atoms with E-state index in [0.29, 0.717) is 0 Å². The lowest BCUT2D eigenvalue weighted by Gasteiger charge is -2.08. The number of carboxylic acid groups (broad SMARTS) is 1. The molecule has 0 radical (unpaired) electrons. The zero-order chi connectivity index (χ0) is 13.7. The monoisotopic (exact) mass is 271 g/mol.